The first kappa shape index (κ1) is 18.4. The Bertz CT molecular complexity index is 900. The van der Waals surface area contributed by atoms with Gasteiger partial charge in [-0.15, -0.1) is 0 Å². The lowest BCUT2D eigenvalue weighted by atomic mass is 10.2. The maximum absolute atomic E-state index is 12.3. The molecular formula is C17H15N5O4. The first-order valence-electron chi connectivity index (χ1n) is 7.38. The van der Waals surface area contributed by atoms with E-state index in [1.54, 1.807) is 24.4 Å². The van der Waals surface area contributed by atoms with Gasteiger partial charge in [0.1, 0.15) is 17.4 Å². The quantitative estimate of drug-likeness (QED) is 0.353. The number of hydrogen-bond donors (Lipinski definition) is 2. The fourth-order valence-corrected chi connectivity index (χ4v) is 1.94. The van der Waals surface area contributed by atoms with Gasteiger partial charge in [-0.2, -0.15) is 5.26 Å². The zero-order chi connectivity index (χ0) is 19.1. The summed E-state index contributed by atoms with van der Waals surface area (Å²) >= 11 is 0. The number of pyridine rings is 1. The molecule has 1 aromatic carbocycles. The lowest BCUT2D eigenvalue weighted by molar-refractivity contribution is -0.384. The van der Waals surface area contributed by atoms with Crippen LogP contribution in [0.1, 0.15) is 5.69 Å². The molecule has 26 heavy (non-hydrogen) atoms. The molecule has 0 saturated carbocycles. The lowest BCUT2D eigenvalue weighted by Gasteiger charge is -2.09. The van der Waals surface area contributed by atoms with E-state index in [0.717, 1.165) is 5.69 Å². The summed E-state index contributed by atoms with van der Waals surface area (Å²) in [7, 11) is 1.32. The molecule has 2 rings (SSSR count). The fourth-order valence-electron chi connectivity index (χ4n) is 1.94. The van der Waals surface area contributed by atoms with Crippen LogP contribution in [0.5, 0.6) is 5.75 Å². The SMILES string of the molecule is COc1cc([N+](=O)[O-])ccc1NC(=O)/C(C#N)=C\Nc1ccc(C)nc1. The minimum Gasteiger partial charge on any atom is -0.494 e. The Morgan fingerprint density at radius 3 is 2.73 bits per heavy atom. The van der Waals surface area contributed by atoms with E-state index in [2.05, 4.69) is 15.6 Å². The van der Waals surface area contributed by atoms with E-state index >= 15 is 0 Å². The van der Waals surface area contributed by atoms with Gasteiger partial charge in [-0.05, 0) is 25.1 Å². The third-order valence-electron chi connectivity index (χ3n) is 3.30. The molecule has 2 aromatic rings. The summed E-state index contributed by atoms with van der Waals surface area (Å²) in [6.07, 6.45) is 2.82. The molecule has 1 aromatic heterocycles. The van der Waals surface area contributed by atoms with Gasteiger partial charge in [0, 0.05) is 18.0 Å². The van der Waals surface area contributed by atoms with Crippen LogP contribution in [0.3, 0.4) is 0 Å². The number of methoxy groups -OCH3 is 1. The van der Waals surface area contributed by atoms with Gasteiger partial charge in [0.05, 0.1) is 35.7 Å². The fraction of sp³-hybridized carbons (Fsp3) is 0.118. The highest BCUT2D eigenvalue weighted by Gasteiger charge is 2.15. The average Bonchev–Trinajstić information content (AvgIpc) is 2.63. The van der Waals surface area contributed by atoms with Crippen molar-refractivity contribution in [3.8, 4) is 11.8 Å². The van der Waals surface area contributed by atoms with Crippen molar-refractivity contribution in [1.82, 2.24) is 4.98 Å². The molecule has 0 fully saturated rings. The van der Waals surface area contributed by atoms with E-state index in [9.17, 15) is 20.2 Å². The molecular weight excluding hydrogens is 338 g/mol. The highest BCUT2D eigenvalue weighted by molar-refractivity contribution is 6.07. The molecule has 1 heterocycles. The number of ether oxygens (including phenoxy) is 1. The Morgan fingerprint density at radius 1 is 1.38 bits per heavy atom. The minimum atomic E-state index is -0.688. The highest BCUT2D eigenvalue weighted by atomic mass is 16.6. The normalized spacial score (nSPS) is 10.6. The van der Waals surface area contributed by atoms with Crippen LogP contribution in [0.15, 0.2) is 48.3 Å². The molecule has 0 saturated heterocycles. The van der Waals surface area contributed by atoms with E-state index < -0.39 is 10.8 Å². The van der Waals surface area contributed by atoms with E-state index in [-0.39, 0.29) is 22.7 Å². The minimum absolute atomic E-state index is 0.112. The number of aryl methyl sites for hydroxylation is 1. The summed E-state index contributed by atoms with van der Waals surface area (Å²) in [6, 6.07) is 9.07. The van der Waals surface area contributed by atoms with Crippen molar-refractivity contribution in [2.24, 2.45) is 0 Å². The third kappa shape index (κ3) is 4.55. The molecule has 0 aliphatic carbocycles. The topological polar surface area (TPSA) is 130 Å². The molecule has 0 aliphatic heterocycles. The number of nitro benzene ring substituents is 1. The van der Waals surface area contributed by atoms with Crippen LogP contribution in [0.2, 0.25) is 0 Å². The van der Waals surface area contributed by atoms with Crippen molar-refractivity contribution < 1.29 is 14.5 Å². The number of rotatable bonds is 6. The summed E-state index contributed by atoms with van der Waals surface area (Å²) < 4.78 is 5.05. The number of carbonyl (C=O) groups excluding carboxylic acids is 1. The Labute approximate surface area is 149 Å². The zero-order valence-corrected chi connectivity index (χ0v) is 14.0. The first-order chi connectivity index (χ1) is 12.4. The summed E-state index contributed by atoms with van der Waals surface area (Å²) in [5.74, 6) is -0.576. The van der Waals surface area contributed by atoms with Crippen LogP contribution in [-0.4, -0.2) is 22.9 Å². The van der Waals surface area contributed by atoms with E-state index in [4.69, 9.17) is 4.74 Å². The van der Waals surface area contributed by atoms with Crippen LogP contribution in [0, 0.1) is 28.4 Å². The number of aromatic nitrogens is 1. The molecule has 0 bridgehead atoms. The average molecular weight is 353 g/mol. The molecule has 9 nitrogen and oxygen atoms in total. The second-order valence-corrected chi connectivity index (χ2v) is 5.10. The molecule has 132 valence electrons. The summed E-state index contributed by atoms with van der Waals surface area (Å²) in [5, 5.41) is 25.3. The van der Waals surface area contributed by atoms with Crippen molar-refractivity contribution in [2.45, 2.75) is 6.92 Å². The first-order valence-corrected chi connectivity index (χ1v) is 7.38. The van der Waals surface area contributed by atoms with Crippen LogP contribution in [-0.2, 0) is 4.79 Å². The van der Waals surface area contributed by atoms with E-state index in [1.807, 2.05) is 6.92 Å². The Hall–Kier alpha value is -3.93. The number of nitriles is 1. The van der Waals surface area contributed by atoms with Gasteiger partial charge in [-0.25, -0.2) is 0 Å². The number of non-ortho nitro benzene ring substituents is 1. The molecule has 0 aliphatic rings. The van der Waals surface area contributed by atoms with Crippen LogP contribution >= 0.6 is 0 Å². The van der Waals surface area contributed by atoms with E-state index in [1.165, 1.54) is 31.5 Å². The van der Waals surface area contributed by atoms with Crippen molar-refractivity contribution in [3.63, 3.8) is 0 Å². The van der Waals surface area contributed by atoms with Crippen LogP contribution < -0.4 is 15.4 Å². The van der Waals surface area contributed by atoms with Gasteiger partial charge in [-0.3, -0.25) is 19.9 Å². The number of hydrogen-bond acceptors (Lipinski definition) is 7. The summed E-state index contributed by atoms with van der Waals surface area (Å²) in [4.78, 5) is 26.6. The van der Waals surface area contributed by atoms with Crippen molar-refractivity contribution in [2.75, 3.05) is 17.7 Å². The highest BCUT2D eigenvalue weighted by Crippen LogP contribution is 2.29. The molecule has 9 heteroatoms. The smallest absolute Gasteiger partial charge is 0.273 e. The largest absolute Gasteiger partial charge is 0.494 e. The second kappa shape index (κ2) is 8.25. The van der Waals surface area contributed by atoms with Crippen molar-refractivity contribution in [1.29, 1.82) is 5.26 Å². The standard InChI is InChI=1S/C17H15N5O4/c1-11-3-4-13(10-19-11)20-9-12(8-18)17(23)21-15-6-5-14(22(24)25)7-16(15)26-2/h3-7,9-10,20H,1-2H3,(H,21,23)/b12-9-. The number of amides is 1. The van der Waals surface area contributed by atoms with Gasteiger partial charge < -0.3 is 15.4 Å². The molecule has 0 spiro atoms. The van der Waals surface area contributed by atoms with E-state index in [0.29, 0.717) is 5.69 Å². The summed E-state index contributed by atoms with van der Waals surface area (Å²) in [5.41, 5.74) is 1.30. The number of carbonyl (C=O) groups is 1. The maximum atomic E-state index is 12.3. The summed E-state index contributed by atoms with van der Waals surface area (Å²) in [6.45, 7) is 1.84. The van der Waals surface area contributed by atoms with Gasteiger partial charge >= 0.3 is 0 Å². The monoisotopic (exact) mass is 353 g/mol. The molecule has 2 N–H and O–H groups in total. The van der Waals surface area contributed by atoms with Crippen molar-refractivity contribution >= 4 is 23.0 Å². The van der Waals surface area contributed by atoms with Gasteiger partial charge in [-0.1, -0.05) is 0 Å². The number of anilines is 2. The van der Waals surface area contributed by atoms with Gasteiger partial charge in [0.25, 0.3) is 11.6 Å². The number of nitrogens with zero attached hydrogens (tertiary/aromatic N) is 3. The predicted octanol–water partition coefficient (Wildman–Crippen LogP) is 2.76. The number of nitrogens with one attached hydrogen (secondary N) is 2. The van der Waals surface area contributed by atoms with Crippen LogP contribution in [0.25, 0.3) is 0 Å². The molecule has 0 atom stereocenters. The zero-order valence-electron chi connectivity index (χ0n) is 14.0. The Balaban J connectivity index is 2.16. The van der Waals surface area contributed by atoms with Crippen LogP contribution in [0.4, 0.5) is 17.1 Å². The lowest BCUT2D eigenvalue weighted by Crippen LogP contribution is -2.15. The Morgan fingerprint density at radius 2 is 2.15 bits per heavy atom. The van der Waals surface area contributed by atoms with Gasteiger partial charge in [0.15, 0.2) is 0 Å². The predicted molar refractivity (Wildman–Crippen MR) is 94.6 cm³/mol. The second-order valence-electron chi connectivity index (χ2n) is 5.10. The molecule has 1 amide bonds. The third-order valence-corrected chi connectivity index (χ3v) is 3.30. The number of benzene rings is 1. The van der Waals surface area contributed by atoms with Gasteiger partial charge in [0.2, 0.25) is 0 Å². The van der Waals surface area contributed by atoms with Crippen molar-refractivity contribution in [3.05, 3.63) is 64.1 Å². The Kier molecular flexibility index (Phi) is 5.84. The molecule has 0 unspecified atom stereocenters. The molecule has 0 radical (unpaired) electrons. The number of nitro groups is 1. The maximum Gasteiger partial charge on any atom is 0.273 e.